The highest BCUT2D eigenvalue weighted by Crippen LogP contribution is 2.67. The van der Waals surface area contributed by atoms with E-state index in [1.54, 1.807) is 0 Å². The van der Waals surface area contributed by atoms with Crippen molar-refractivity contribution in [2.45, 2.75) is 65.4 Å². The van der Waals surface area contributed by atoms with E-state index in [0.717, 1.165) is 36.4 Å². The molecule has 0 saturated carbocycles. The van der Waals surface area contributed by atoms with Gasteiger partial charge in [0.25, 0.3) is 0 Å². The summed E-state index contributed by atoms with van der Waals surface area (Å²) in [6, 6.07) is 11.5. The molecular formula is C34H12F23IO6+. The third kappa shape index (κ3) is 6.88. The molecule has 0 atom stereocenters. The molecule has 2 aromatic heterocycles. The van der Waals surface area contributed by atoms with E-state index in [1.807, 2.05) is 0 Å². The molecule has 0 amide bonds. The molecule has 5 rings (SSSR count). The normalized spacial score (nSPS) is 14.8. The number of benzene rings is 3. The second kappa shape index (κ2) is 15.0. The van der Waals surface area contributed by atoms with Gasteiger partial charge in [-0.25, -0.2) is 12.7 Å². The summed E-state index contributed by atoms with van der Waals surface area (Å²) in [5, 5.41) is -0.799. The molecule has 3 aromatic carbocycles. The summed E-state index contributed by atoms with van der Waals surface area (Å²) in [6.45, 7) is 0. The van der Waals surface area contributed by atoms with Crippen molar-refractivity contribution in [3.05, 3.63) is 101 Å². The van der Waals surface area contributed by atoms with E-state index in [1.165, 1.54) is 24.3 Å². The molecule has 0 saturated heterocycles. The van der Waals surface area contributed by atoms with Gasteiger partial charge in [-0.2, -0.15) is 101 Å². The molecule has 0 N–H and O–H groups in total. The Labute approximate surface area is 342 Å². The summed E-state index contributed by atoms with van der Waals surface area (Å²) < 4.78 is 335. The number of carbonyl (C=O) groups excluding carboxylic acids is 1. The number of alkyl halides is 23. The van der Waals surface area contributed by atoms with E-state index in [2.05, 4.69) is 3.07 Å². The summed E-state index contributed by atoms with van der Waals surface area (Å²) in [4.78, 5) is 37.8. The smallest absolute Gasteiger partial charge is 0.456 e. The van der Waals surface area contributed by atoms with Gasteiger partial charge in [-0.1, -0.05) is 12.1 Å². The zero-order valence-corrected chi connectivity index (χ0v) is 31.6. The van der Waals surface area contributed by atoms with Crippen molar-refractivity contribution in [2.24, 2.45) is 0 Å². The minimum absolute atomic E-state index is 0.0475. The van der Waals surface area contributed by atoms with Crippen molar-refractivity contribution < 1.29 is 138 Å². The SMILES string of the molecule is O=C(O[I+](c1ccc2ccc(=O)oc2c1)c1ccc2oc3ccccc3c(=O)c2c1)C(F)(F)C(F)(F)C(F)(F)C(F)(F)C(F)(F)C(F)(F)C(F)(F)C(F)(F)C(F)(F)C(F)(F)C(F)(F)F. The number of fused-ring (bicyclic) bond motifs is 3. The number of carbonyl (C=O) groups is 1. The maximum absolute atomic E-state index is 15.2. The number of halogens is 24. The lowest BCUT2D eigenvalue weighted by atomic mass is 9.85. The standard InChI is InChI=1S/C34H12F23IO6/c35-24(36,25(37,38)26(39,40)27(41,42)28(43,44)29(45,46)30(47,48)31(49,50)32(51,52)33(53,54)34(55,56)57)23(61)64-58(15-7-5-13-6-10-21(59)63-20(13)12-15)14-8-9-19-17(11-14)22(60)16-3-1-2-4-18(16)62-19/h1-12H/q+1. The van der Waals surface area contributed by atoms with Crippen LogP contribution >= 0.6 is 0 Å². The van der Waals surface area contributed by atoms with Crippen molar-refractivity contribution in [1.29, 1.82) is 0 Å². The van der Waals surface area contributed by atoms with E-state index in [-0.39, 0.29) is 21.9 Å². The monoisotopic (exact) mass is 1080 g/mol. The number of hydrogen-bond acceptors (Lipinski definition) is 6. The van der Waals surface area contributed by atoms with Crippen LogP contribution in [0.5, 0.6) is 0 Å². The molecule has 0 spiro atoms. The van der Waals surface area contributed by atoms with Crippen LogP contribution in [0, 0.1) is 7.14 Å². The van der Waals surface area contributed by atoms with Crippen molar-refractivity contribution in [1.82, 2.24) is 0 Å². The van der Waals surface area contributed by atoms with Gasteiger partial charge in [-0.05, 0) is 42.5 Å². The molecule has 6 nitrogen and oxygen atoms in total. The zero-order valence-electron chi connectivity index (χ0n) is 29.4. The quantitative estimate of drug-likeness (QED) is 0.0514. The molecule has 351 valence electrons. The van der Waals surface area contributed by atoms with Gasteiger partial charge in [-0.3, -0.25) is 4.79 Å². The van der Waals surface area contributed by atoms with Crippen LogP contribution in [0.2, 0.25) is 0 Å². The van der Waals surface area contributed by atoms with E-state index in [0.29, 0.717) is 12.1 Å². The third-order valence-corrected chi connectivity index (χ3v) is 13.3. The molecule has 0 fully saturated rings. The van der Waals surface area contributed by atoms with E-state index in [9.17, 15) is 107 Å². The van der Waals surface area contributed by atoms with Crippen molar-refractivity contribution in [3.63, 3.8) is 0 Å². The van der Waals surface area contributed by atoms with Crippen LogP contribution < -0.4 is 31.3 Å². The van der Waals surface area contributed by atoms with Gasteiger partial charge in [0, 0.05) is 23.6 Å². The summed E-state index contributed by atoms with van der Waals surface area (Å²) >= 11 is -5.09. The van der Waals surface area contributed by atoms with Gasteiger partial charge in [0.15, 0.2) is 7.14 Å². The van der Waals surface area contributed by atoms with Crippen molar-refractivity contribution in [3.8, 4) is 0 Å². The Kier molecular flexibility index (Phi) is 11.7. The largest absolute Gasteiger partial charge is 0.460 e. The molecule has 5 aromatic rings. The molecular weight excluding hydrogens is 1070 g/mol. The van der Waals surface area contributed by atoms with Crippen LogP contribution in [-0.4, -0.2) is 71.4 Å². The average Bonchev–Trinajstić information content (AvgIpc) is 3.18. The molecule has 64 heavy (non-hydrogen) atoms. The molecule has 0 aliphatic rings. The predicted molar refractivity (Wildman–Crippen MR) is 161 cm³/mol. The molecule has 1 radical (unpaired) electrons. The van der Waals surface area contributed by atoms with Gasteiger partial charge >= 0.3 is 97.2 Å². The van der Waals surface area contributed by atoms with Gasteiger partial charge in [0.2, 0.25) is 5.43 Å². The van der Waals surface area contributed by atoms with Crippen molar-refractivity contribution >= 4 is 38.9 Å². The molecule has 30 heteroatoms. The Hall–Kier alpha value is -5.07. The van der Waals surface area contributed by atoms with Crippen LogP contribution in [0.4, 0.5) is 101 Å². The maximum Gasteiger partial charge on any atom is 0.460 e. The lowest BCUT2D eigenvalue weighted by Gasteiger charge is -2.44. The van der Waals surface area contributed by atoms with Crippen molar-refractivity contribution in [2.75, 3.05) is 0 Å². The summed E-state index contributed by atoms with van der Waals surface area (Å²) in [7, 11) is 0. The molecule has 2 heterocycles. The molecule has 0 bridgehead atoms. The summed E-state index contributed by atoms with van der Waals surface area (Å²) in [6.07, 6.45) is -8.20. The summed E-state index contributed by atoms with van der Waals surface area (Å²) in [5.74, 6) is -95.3. The molecule has 0 aliphatic heterocycles. The predicted octanol–water partition coefficient (Wildman–Crippen LogP) is 8.09. The molecule has 0 aliphatic carbocycles. The number of para-hydroxylation sites is 1. The highest BCUT2D eigenvalue weighted by molar-refractivity contribution is 5.89. The van der Waals surface area contributed by atoms with E-state index in [4.69, 9.17) is 8.83 Å². The van der Waals surface area contributed by atoms with Gasteiger partial charge < -0.3 is 8.83 Å². The Morgan fingerprint density at radius 1 is 0.438 bits per heavy atom. The van der Waals surface area contributed by atoms with Gasteiger partial charge in [0.1, 0.15) is 16.7 Å². The fraction of sp³-hybridized carbons (Fsp3) is 0.324. The van der Waals surface area contributed by atoms with Crippen LogP contribution in [0.25, 0.3) is 32.9 Å². The average molecular weight is 1080 g/mol. The number of hydrogen-bond donors (Lipinski definition) is 0. The first-order valence-corrected chi connectivity index (χ1v) is 19.0. The Morgan fingerprint density at radius 2 is 0.859 bits per heavy atom. The van der Waals surface area contributed by atoms with Gasteiger partial charge in [0.05, 0.1) is 10.8 Å². The second-order valence-corrected chi connectivity index (χ2v) is 17.2. The zero-order chi connectivity index (χ0) is 49.0. The first kappa shape index (κ1) is 49.9. The highest BCUT2D eigenvalue weighted by atomic mass is 127. The first-order valence-electron chi connectivity index (χ1n) is 16.0. The second-order valence-electron chi connectivity index (χ2n) is 12.9. The van der Waals surface area contributed by atoms with Crippen LogP contribution in [0.3, 0.4) is 0 Å². The maximum atomic E-state index is 15.2. The van der Waals surface area contributed by atoms with Crippen LogP contribution in [-0.2, 0) is 7.86 Å². The Balaban J connectivity index is 1.60. The first-order chi connectivity index (χ1) is 28.7. The Bertz CT molecular complexity index is 2760. The lowest BCUT2D eigenvalue weighted by Crippen LogP contribution is -3.85. The lowest BCUT2D eigenvalue weighted by molar-refractivity contribution is -1.04. The minimum atomic E-state index is -9.62. The van der Waals surface area contributed by atoms with Crippen LogP contribution in [0.15, 0.2) is 91.2 Å². The van der Waals surface area contributed by atoms with E-state index < -0.39 is 121 Å². The van der Waals surface area contributed by atoms with Gasteiger partial charge in [-0.15, -0.1) is 0 Å². The Morgan fingerprint density at radius 3 is 1.38 bits per heavy atom. The molecule has 0 unspecified atom stereocenters. The minimum Gasteiger partial charge on any atom is -0.456 e. The van der Waals surface area contributed by atoms with Crippen LogP contribution in [0.1, 0.15) is 0 Å². The summed E-state index contributed by atoms with van der Waals surface area (Å²) in [5.41, 5.74) is -3.09. The van der Waals surface area contributed by atoms with E-state index >= 15 is 8.78 Å². The topological polar surface area (TPSA) is 86.7 Å². The number of rotatable bonds is 13. The highest BCUT2D eigenvalue weighted by Gasteiger charge is 2.99. The fourth-order valence-electron chi connectivity index (χ4n) is 5.24. The third-order valence-electron chi connectivity index (χ3n) is 8.83. The fourth-order valence-corrected chi connectivity index (χ4v) is 9.32.